The molecule has 0 aliphatic rings. The van der Waals surface area contributed by atoms with Gasteiger partial charge in [0.15, 0.2) is 0 Å². The lowest BCUT2D eigenvalue weighted by molar-refractivity contribution is -0.387. The van der Waals surface area contributed by atoms with Crippen molar-refractivity contribution < 1.29 is 18.6 Å². The van der Waals surface area contributed by atoms with E-state index in [0.717, 1.165) is 36.0 Å². The fourth-order valence-electron chi connectivity index (χ4n) is 2.09. The summed E-state index contributed by atoms with van der Waals surface area (Å²) in [5.41, 5.74) is 0.305. The highest BCUT2D eigenvalue weighted by Gasteiger charge is 2.19. The molecule has 0 radical (unpaired) electrons. The molecule has 0 heterocycles. The Morgan fingerprint density at radius 3 is 1.96 bits per heavy atom. The van der Waals surface area contributed by atoms with Crippen molar-refractivity contribution in [3.63, 3.8) is 0 Å². The number of nitrogens with zero attached hydrogens (tertiary/aromatic N) is 2. The van der Waals surface area contributed by atoms with Crippen LogP contribution in [0.4, 0.5) is 20.2 Å². The topological polar surface area (TPSA) is 86.3 Å². The van der Waals surface area contributed by atoms with Gasteiger partial charge in [0.25, 0.3) is 0 Å². The Kier molecular flexibility index (Phi) is 5.13. The van der Waals surface area contributed by atoms with Gasteiger partial charge in [-0.1, -0.05) is 0 Å². The van der Waals surface area contributed by atoms with Crippen molar-refractivity contribution in [2.75, 3.05) is 0 Å². The van der Waals surface area contributed by atoms with Crippen LogP contribution in [0.3, 0.4) is 0 Å². The number of hydrogen-bond donors (Lipinski definition) is 0. The van der Waals surface area contributed by atoms with Gasteiger partial charge in [0.2, 0.25) is 11.6 Å². The monoisotopic (exact) mass is 354 g/mol. The lowest BCUT2D eigenvalue weighted by Crippen LogP contribution is -1.98. The molecule has 0 aliphatic carbocycles. The first-order valence-corrected chi connectivity index (χ1v) is 7.70. The quantitative estimate of drug-likeness (QED) is 0.442. The normalized spacial score (nSPS) is 10.7. The Labute approximate surface area is 139 Å². The second-order valence-electron chi connectivity index (χ2n) is 5.10. The lowest BCUT2D eigenvalue weighted by atomic mass is 10.1. The molecule has 0 atom stereocenters. The summed E-state index contributed by atoms with van der Waals surface area (Å²) in [6, 6.07) is 4.42. The SMILES string of the molecule is Cc1cc(F)c([N+](=O)[O-])cc1CSc1cc([N+](=O)[O-])c(F)cc1C. The standard InChI is InChI=1S/C15H12F2N2O4S/c1-8-3-11(16)13(18(20)21)5-10(8)7-24-15-6-14(19(22)23)12(17)4-9(15)2/h3-6H,7H2,1-2H3. The maximum atomic E-state index is 13.5. The molecule has 0 unspecified atom stereocenters. The molecular formula is C15H12F2N2O4S. The predicted molar refractivity (Wildman–Crippen MR) is 85.1 cm³/mol. The first-order valence-electron chi connectivity index (χ1n) is 6.71. The first kappa shape index (κ1) is 17.8. The average Bonchev–Trinajstić information content (AvgIpc) is 2.47. The minimum Gasteiger partial charge on any atom is -0.258 e. The molecule has 0 amide bonds. The highest BCUT2D eigenvalue weighted by atomic mass is 32.2. The molecule has 126 valence electrons. The van der Waals surface area contributed by atoms with Crippen LogP contribution >= 0.6 is 11.8 Å². The number of benzene rings is 2. The third-order valence-corrected chi connectivity index (χ3v) is 4.63. The summed E-state index contributed by atoms with van der Waals surface area (Å²) >= 11 is 1.16. The van der Waals surface area contributed by atoms with Crippen LogP contribution in [0, 0.1) is 45.7 Å². The Morgan fingerprint density at radius 1 is 0.917 bits per heavy atom. The van der Waals surface area contributed by atoms with Crippen LogP contribution in [-0.4, -0.2) is 9.85 Å². The average molecular weight is 354 g/mol. The molecule has 0 fully saturated rings. The van der Waals surface area contributed by atoms with Crippen molar-refractivity contribution in [1.29, 1.82) is 0 Å². The van der Waals surface area contributed by atoms with E-state index in [0.29, 0.717) is 21.6 Å². The summed E-state index contributed by atoms with van der Waals surface area (Å²) in [6.45, 7) is 3.22. The zero-order valence-electron chi connectivity index (χ0n) is 12.7. The van der Waals surface area contributed by atoms with Gasteiger partial charge in [-0.15, -0.1) is 11.8 Å². The Bertz CT molecular complexity index is 773. The highest BCUT2D eigenvalue weighted by molar-refractivity contribution is 7.98. The van der Waals surface area contributed by atoms with Crippen LogP contribution < -0.4 is 0 Å². The maximum Gasteiger partial charge on any atom is 0.305 e. The van der Waals surface area contributed by atoms with E-state index in [2.05, 4.69) is 0 Å². The summed E-state index contributed by atoms with van der Waals surface area (Å²) in [7, 11) is 0. The molecule has 0 saturated heterocycles. The van der Waals surface area contributed by atoms with Crippen molar-refractivity contribution in [3.05, 3.63) is 72.8 Å². The molecule has 0 saturated carbocycles. The molecule has 0 aromatic heterocycles. The van der Waals surface area contributed by atoms with E-state index in [-0.39, 0.29) is 5.75 Å². The van der Waals surface area contributed by atoms with Gasteiger partial charge in [0, 0.05) is 22.8 Å². The molecule has 2 aromatic rings. The summed E-state index contributed by atoms with van der Waals surface area (Å²) in [6.07, 6.45) is 0. The van der Waals surface area contributed by atoms with Crippen molar-refractivity contribution in [3.8, 4) is 0 Å². The van der Waals surface area contributed by atoms with Crippen molar-refractivity contribution >= 4 is 23.1 Å². The second kappa shape index (κ2) is 6.91. The number of thioether (sulfide) groups is 1. The number of nitro groups is 2. The lowest BCUT2D eigenvalue weighted by Gasteiger charge is -2.09. The highest BCUT2D eigenvalue weighted by Crippen LogP contribution is 2.33. The molecule has 2 rings (SSSR count). The minimum atomic E-state index is -0.921. The first-order chi connectivity index (χ1) is 11.2. The predicted octanol–water partition coefficient (Wildman–Crippen LogP) is 4.69. The second-order valence-corrected chi connectivity index (χ2v) is 6.12. The van der Waals surface area contributed by atoms with E-state index in [1.165, 1.54) is 0 Å². The fraction of sp³-hybridized carbons (Fsp3) is 0.200. The van der Waals surface area contributed by atoms with E-state index in [1.807, 2.05) is 0 Å². The van der Waals surface area contributed by atoms with E-state index in [1.54, 1.807) is 13.8 Å². The van der Waals surface area contributed by atoms with Crippen LogP contribution in [0.25, 0.3) is 0 Å². The molecule has 0 bridgehead atoms. The van der Waals surface area contributed by atoms with Crippen molar-refractivity contribution in [2.24, 2.45) is 0 Å². The summed E-state index contributed by atoms with van der Waals surface area (Å²) < 4.78 is 27.1. The third kappa shape index (κ3) is 3.67. The maximum absolute atomic E-state index is 13.5. The zero-order chi connectivity index (χ0) is 18.0. The number of rotatable bonds is 5. The van der Waals surface area contributed by atoms with E-state index >= 15 is 0 Å². The van der Waals surface area contributed by atoms with E-state index < -0.39 is 32.9 Å². The van der Waals surface area contributed by atoms with Crippen molar-refractivity contribution in [1.82, 2.24) is 0 Å². The largest absolute Gasteiger partial charge is 0.305 e. The number of aryl methyl sites for hydroxylation is 2. The molecule has 0 N–H and O–H groups in total. The summed E-state index contributed by atoms with van der Waals surface area (Å²) in [4.78, 5) is 20.5. The molecule has 9 heteroatoms. The number of halogens is 2. The van der Waals surface area contributed by atoms with Gasteiger partial charge in [-0.25, -0.2) is 0 Å². The van der Waals surface area contributed by atoms with Crippen LogP contribution in [0.5, 0.6) is 0 Å². The Morgan fingerprint density at radius 2 is 1.42 bits per heavy atom. The van der Waals surface area contributed by atoms with Crippen LogP contribution in [0.2, 0.25) is 0 Å². The van der Waals surface area contributed by atoms with Gasteiger partial charge in [0.1, 0.15) is 0 Å². The zero-order valence-corrected chi connectivity index (χ0v) is 13.5. The van der Waals surface area contributed by atoms with Gasteiger partial charge >= 0.3 is 11.4 Å². The molecule has 2 aromatic carbocycles. The molecule has 0 spiro atoms. The Balaban J connectivity index is 2.32. The van der Waals surface area contributed by atoms with Crippen LogP contribution in [0.1, 0.15) is 16.7 Å². The van der Waals surface area contributed by atoms with Crippen LogP contribution in [-0.2, 0) is 5.75 Å². The smallest absolute Gasteiger partial charge is 0.258 e. The molecule has 6 nitrogen and oxygen atoms in total. The van der Waals surface area contributed by atoms with Gasteiger partial charge in [-0.05, 0) is 42.7 Å². The van der Waals surface area contributed by atoms with Gasteiger partial charge in [0.05, 0.1) is 9.85 Å². The molecular weight excluding hydrogens is 342 g/mol. The van der Waals surface area contributed by atoms with Crippen LogP contribution in [0.15, 0.2) is 29.2 Å². The van der Waals surface area contributed by atoms with Gasteiger partial charge < -0.3 is 0 Å². The fourth-order valence-corrected chi connectivity index (χ4v) is 3.20. The molecule has 24 heavy (non-hydrogen) atoms. The number of nitro benzene ring substituents is 2. The summed E-state index contributed by atoms with van der Waals surface area (Å²) in [5.74, 6) is -1.60. The van der Waals surface area contributed by atoms with E-state index in [9.17, 15) is 29.0 Å². The van der Waals surface area contributed by atoms with E-state index in [4.69, 9.17) is 0 Å². The van der Waals surface area contributed by atoms with Crippen molar-refractivity contribution in [2.45, 2.75) is 24.5 Å². The van der Waals surface area contributed by atoms with Gasteiger partial charge in [-0.2, -0.15) is 8.78 Å². The number of hydrogen-bond acceptors (Lipinski definition) is 5. The third-order valence-electron chi connectivity index (χ3n) is 3.43. The minimum absolute atomic E-state index is 0.233. The molecule has 0 aliphatic heterocycles. The van der Waals surface area contributed by atoms with Gasteiger partial charge in [-0.3, -0.25) is 20.2 Å². The Hall–Kier alpha value is -2.55. The summed E-state index contributed by atoms with van der Waals surface area (Å²) in [5, 5.41) is 21.6.